The van der Waals surface area contributed by atoms with E-state index in [1.165, 1.54) is 11.8 Å². The number of nitrogens with one attached hydrogen (secondary N) is 1. The Morgan fingerprint density at radius 3 is 2.61 bits per heavy atom. The highest BCUT2D eigenvalue weighted by molar-refractivity contribution is 7.99. The number of anilines is 1. The first-order valence-corrected chi connectivity index (χ1v) is 10.2. The molecule has 0 atom stereocenters. The van der Waals surface area contributed by atoms with Crippen molar-refractivity contribution in [1.82, 2.24) is 4.98 Å². The topological polar surface area (TPSA) is 65.8 Å². The smallest absolute Gasteiger partial charge is 0.225 e. The molecule has 3 rings (SSSR count). The van der Waals surface area contributed by atoms with E-state index in [-0.39, 0.29) is 12.3 Å². The molecule has 0 saturated carbocycles. The van der Waals surface area contributed by atoms with Crippen LogP contribution in [0.5, 0.6) is 0 Å². The number of hydrogen-bond donors (Lipinski definition) is 1. The molecule has 140 valence electrons. The van der Waals surface area contributed by atoms with Crippen LogP contribution < -0.4 is 5.32 Å². The maximum Gasteiger partial charge on any atom is 0.225 e. The van der Waals surface area contributed by atoms with E-state index in [1.807, 2.05) is 36.4 Å². The fraction of sp³-hybridized carbons (Fsp3) is 0.0952. The summed E-state index contributed by atoms with van der Waals surface area (Å²) in [5.74, 6) is 0.311. The number of rotatable bonds is 6. The van der Waals surface area contributed by atoms with Crippen molar-refractivity contribution >= 4 is 46.6 Å². The SMILES string of the molecule is N#Cc1ccc(-c2ccccc2)nc1SCCC(=O)Nc1ccc(Cl)cc1Cl. The third-order valence-electron chi connectivity index (χ3n) is 3.82. The zero-order valence-electron chi connectivity index (χ0n) is 14.7. The van der Waals surface area contributed by atoms with Crippen molar-refractivity contribution in [3.05, 3.63) is 76.3 Å². The highest BCUT2D eigenvalue weighted by atomic mass is 35.5. The van der Waals surface area contributed by atoms with E-state index in [1.54, 1.807) is 24.3 Å². The number of pyridine rings is 1. The summed E-state index contributed by atoms with van der Waals surface area (Å²) in [6.45, 7) is 0. The molecule has 28 heavy (non-hydrogen) atoms. The van der Waals surface area contributed by atoms with Crippen LogP contribution in [0.1, 0.15) is 12.0 Å². The summed E-state index contributed by atoms with van der Waals surface area (Å²) in [5.41, 5.74) is 2.78. The average Bonchev–Trinajstić information content (AvgIpc) is 2.71. The molecule has 0 aliphatic heterocycles. The van der Waals surface area contributed by atoms with Crippen LogP contribution in [0.3, 0.4) is 0 Å². The summed E-state index contributed by atoms with van der Waals surface area (Å²) in [5, 5.41) is 13.6. The molecule has 0 unspecified atom stereocenters. The minimum atomic E-state index is -0.172. The van der Waals surface area contributed by atoms with Crippen molar-refractivity contribution in [2.75, 3.05) is 11.1 Å². The molecule has 0 aliphatic carbocycles. The zero-order valence-corrected chi connectivity index (χ0v) is 17.0. The molecule has 0 saturated heterocycles. The number of halogens is 2. The van der Waals surface area contributed by atoms with Crippen molar-refractivity contribution in [2.24, 2.45) is 0 Å². The van der Waals surface area contributed by atoms with Crippen LogP contribution >= 0.6 is 35.0 Å². The predicted molar refractivity (Wildman–Crippen MR) is 115 cm³/mol. The van der Waals surface area contributed by atoms with E-state index in [0.717, 1.165) is 11.3 Å². The number of benzene rings is 2. The van der Waals surface area contributed by atoms with Gasteiger partial charge in [-0.3, -0.25) is 4.79 Å². The quantitative estimate of drug-likeness (QED) is 0.486. The second-order valence-electron chi connectivity index (χ2n) is 5.80. The third-order valence-corrected chi connectivity index (χ3v) is 5.36. The van der Waals surface area contributed by atoms with Gasteiger partial charge in [0.15, 0.2) is 0 Å². The van der Waals surface area contributed by atoms with Gasteiger partial charge in [0.2, 0.25) is 5.91 Å². The van der Waals surface area contributed by atoms with Gasteiger partial charge in [-0.15, -0.1) is 11.8 Å². The lowest BCUT2D eigenvalue weighted by Gasteiger charge is -2.08. The fourth-order valence-corrected chi connectivity index (χ4v) is 3.82. The highest BCUT2D eigenvalue weighted by Crippen LogP contribution is 2.27. The van der Waals surface area contributed by atoms with Crippen LogP contribution in [0, 0.1) is 11.3 Å². The van der Waals surface area contributed by atoms with E-state index in [9.17, 15) is 10.1 Å². The second kappa shape index (κ2) is 9.61. The average molecular weight is 428 g/mol. The van der Waals surface area contributed by atoms with Gasteiger partial charge in [-0.05, 0) is 30.3 Å². The second-order valence-corrected chi connectivity index (χ2v) is 7.73. The van der Waals surface area contributed by atoms with Gasteiger partial charge in [-0.25, -0.2) is 4.98 Å². The minimum absolute atomic E-state index is 0.172. The first-order chi connectivity index (χ1) is 13.6. The maximum absolute atomic E-state index is 12.2. The number of nitrogens with zero attached hydrogens (tertiary/aromatic N) is 2. The van der Waals surface area contributed by atoms with Crippen molar-refractivity contribution in [3.8, 4) is 17.3 Å². The largest absolute Gasteiger partial charge is 0.325 e. The molecule has 2 aromatic carbocycles. The van der Waals surface area contributed by atoms with Gasteiger partial charge in [-0.2, -0.15) is 5.26 Å². The van der Waals surface area contributed by atoms with Gasteiger partial charge in [-0.1, -0.05) is 53.5 Å². The van der Waals surface area contributed by atoms with E-state index in [2.05, 4.69) is 16.4 Å². The maximum atomic E-state index is 12.2. The van der Waals surface area contributed by atoms with Crippen molar-refractivity contribution in [3.63, 3.8) is 0 Å². The van der Waals surface area contributed by atoms with Gasteiger partial charge < -0.3 is 5.32 Å². The van der Waals surface area contributed by atoms with E-state index >= 15 is 0 Å². The van der Waals surface area contributed by atoms with Crippen molar-refractivity contribution < 1.29 is 4.79 Å². The molecule has 0 aliphatic rings. The van der Waals surface area contributed by atoms with Crippen LogP contribution in [0.4, 0.5) is 5.69 Å². The van der Waals surface area contributed by atoms with Gasteiger partial charge in [0.05, 0.1) is 22.0 Å². The van der Waals surface area contributed by atoms with E-state index in [4.69, 9.17) is 23.2 Å². The van der Waals surface area contributed by atoms with Gasteiger partial charge in [0.1, 0.15) is 11.1 Å². The van der Waals surface area contributed by atoms with Crippen LogP contribution in [-0.2, 0) is 4.79 Å². The van der Waals surface area contributed by atoms with Crippen molar-refractivity contribution in [2.45, 2.75) is 11.4 Å². The standard InChI is InChI=1S/C21H15Cl2N3OS/c22-16-7-9-19(17(23)12-16)25-20(27)10-11-28-21-15(13-24)6-8-18(26-21)14-4-2-1-3-5-14/h1-9,12H,10-11H2,(H,25,27). The Labute approximate surface area is 177 Å². The van der Waals surface area contributed by atoms with Gasteiger partial charge >= 0.3 is 0 Å². The number of thioether (sulfide) groups is 1. The van der Waals surface area contributed by atoms with E-state index in [0.29, 0.717) is 32.1 Å². The van der Waals surface area contributed by atoms with Gasteiger partial charge in [0.25, 0.3) is 0 Å². The zero-order chi connectivity index (χ0) is 19.9. The molecular weight excluding hydrogens is 413 g/mol. The lowest BCUT2D eigenvalue weighted by Crippen LogP contribution is -2.12. The van der Waals surface area contributed by atoms with Crippen LogP contribution in [-0.4, -0.2) is 16.6 Å². The van der Waals surface area contributed by atoms with Crippen LogP contribution in [0.25, 0.3) is 11.3 Å². The number of aromatic nitrogens is 1. The molecule has 1 aromatic heterocycles. The molecule has 7 heteroatoms. The molecule has 4 nitrogen and oxygen atoms in total. The number of nitriles is 1. The summed E-state index contributed by atoms with van der Waals surface area (Å²) in [6.07, 6.45) is 0.256. The minimum Gasteiger partial charge on any atom is -0.325 e. The first kappa shape index (κ1) is 20.2. The lowest BCUT2D eigenvalue weighted by atomic mass is 10.1. The molecule has 0 fully saturated rings. The third kappa shape index (κ3) is 5.26. The molecule has 0 spiro atoms. The summed E-state index contributed by atoms with van der Waals surface area (Å²) in [4.78, 5) is 16.8. The molecular formula is C21H15Cl2N3OS. The number of amides is 1. The normalized spacial score (nSPS) is 10.3. The monoisotopic (exact) mass is 427 g/mol. The Morgan fingerprint density at radius 1 is 1.11 bits per heavy atom. The first-order valence-electron chi connectivity index (χ1n) is 8.41. The highest BCUT2D eigenvalue weighted by Gasteiger charge is 2.10. The van der Waals surface area contributed by atoms with Crippen molar-refractivity contribution in [1.29, 1.82) is 5.26 Å². The Hall–Kier alpha value is -2.52. The molecule has 0 radical (unpaired) electrons. The summed E-state index contributed by atoms with van der Waals surface area (Å²) in [6, 6.07) is 20.4. The Balaban J connectivity index is 1.63. The summed E-state index contributed by atoms with van der Waals surface area (Å²) < 4.78 is 0. The molecule has 1 N–H and O–H groups in total. The molecule has 3 aromatic rings. The Kier molecular flexibility index (Phi) is 6.94. The number of hydrogen-bond acceptors (Lipinski definition) is 4. The van der Waals surface area contributed by atoms with Gasteiger partial charge in [0, 0.05) is 22.8 Å². The van der Waals surface area contributed by atoms with Crippen LogP contribution in [0.15, 0.2) is 65.7 Å². The predicted octanol–water partition coefficient (Wildman–Crippen LogP) is 6.05. The van der Waals surface area contributed by atoms with E-state index < -0.39 is 0 Å². The molecule has 1 heterocycles. The Bertz CT molecular complexity index is 1040. The summed E-state index contributed by atoms with van der Waals surface area (Å²) in [7, 11) is 0. The number of carbonyl (C=O) groups is 1. The molecule has 0 bridgehead atoms. The summed E-state index contributed by atoms with van der Waals surface area (Å²) >= 11 is 13.3. The van der Waals surface area contributed by atoms with Crippen LogP contribution in [0.2, 0.25) is 10.0 Å². The Morgan fingerprint density at radius 2 is 1.89 bits per heavy atom. The number of carbonyl (C=O) groups excluding carboxylic acids is 1. The lowest BCUT2D eigenvalue weighted by molar-refractivity contribution is -0.115. The molecule has 1 amide bonds. The fourth-order valence-electron chi connectivity index (χ4n) is 2.45.